The van der Waals surface area contributed by atoms with Crippen LogP contribution in [0.5, 0.6) is 0 Å². The van der Waals surface area contributed by atoms with Crippen molar-refractivity contribution in [3.8, 4) is 0 Å². The zero-order valence-electron chi connectivity index (χ0n) is 17.2. The third-order valence-electron chi connectivity index (χ3n) is 4.21. The molecule has 0 amide bonds. The zero-order valence-corrected chi connectivity index (χ0v) is 17.2. The molecular weight excluding hydrogens is 462 g/mol. The largest absolute Gasteiger partial charge is 0.490 e. The molecule has 1 aliphatic heterocycles. The van der Waals surface area contributed by atoms with Gasteiger partial charge in [0.2, 0.25) is 0 Å². The smallest absolute Gasteiger partial charge is 0.475 e. The minimum Gasteiger partial charge on any atom is -0.475 e. The number of aromatic nitrogens is 3. The Kier molecular flexibility index (Phi) is 10.2. The minimum absolute atomic E-state index is 0.967. The number of halogens is 6. The van der Waals surface area contributed by atoms with Crippen molar-refractivity contribution in [3.63, 3.8) is 0 Å². The predicted octanol–water partition coefficient (Wildman–Crippen LogP) is 3.05. The number of hydrogen-bond donors (Lipinski definition) is 2. The Hall–Kier alpha value is -3.29. The number of carboxylic acid groups (broad SMARTS) is 2. The third kappa shape index (κ3) is 10.2. The Labute approximate surface area is 183 Å². The molecule has 0 bridgehead atoms. The lowest BCUT2D eigenvalue weighted by atomic mass is 10.1. The van der Waals surface area contributed by atoms with Crippen molar-refractivity contribution in [2.75, 3.05) is 13.1 Å². The molecule has 0 radical (unpaired) electrons. The molecule has 0 atom stereocenters. The highest BCUT2D eigenvalue weighted by Crippen LogP contribution is 2.17. The van der Waals surface area contributed by atoms with Gasteiger partial charge in [0.05, 0.1) is 0 Å². The maximum absolute atomic E-state index is 10.6. The molecule has 0 spiro atoms. The number of hydrogen-bond acceptors (Lipinski definition) is 6. The van der Waals surface area contributed by atoms with Crippen LogP contribution in [0, 0.1) is 6.92 Å². The van der Waals surface area contributed by atoms with E-state index >= 15 is 0 Å². The fourth-order valence-corrected chi connectivity index (χ4v) is 2.64. The van der Waals surface area contributed by atoms with Crippen LogP contribution < -0.4 is 0 Å². The maximum atomic E-state index is 10.6. The molecule has 33 heavy (non-hydrogen) atoms. The number of pyridine rings is 1. The summed E-state index contributed by atoms with van der Waals surface area (Å²) < 4.78 is 63.5. The van der Waals surface area contributed by atoms with Gasteiger partial charge in [-0.3, -0.25) is 9.88 Å². The van der Waals surface area contributed by atoms with Gasteiger partial charge < -0.3 is 10.2 Å². The van der Waals surface area contributed by atoms with Crippen molar-refractivity contribution in [2.24, 2.45) is 0 Å². The quantitative estimate of drug-likeness (QED) is 0.628. The summed E-state index contributed by atoms with van der Waals surface area (Å²) in [6, 6.07) is 4.13. The Balaban J connectivity index is 0.000000324. The first kappa shape index (κ1) is 27.7. The van der Waals surface area contributed by atoms with Crippen molar-refractivity contribution in [3.05, 3.63) is 53.4 Å². The van der Waals surface area contributed by atoms with Gasteiger partial charge in [-0.25, -0.2) is 19.6 Å². The van der Waals surface area contributed by atoms with Crippen LogP contribution in [0.1, 0.15) is 22.5 Å². The van der Waals surface area contributed by atoms with Gasteiger partial charge in [-0.1, -0.05) is 6.07 Å². The van der Waals surface area contributed by atoms with Gasteiger partial charge in [0.25, 0.3) is 0 Å². The lowest BCUT2D eigenvalue weighted by molar-refractivity contribution is -0.193. The van der Waals surface area contributed by atoms with Crippen LogP contribution in [0.15, 0.2) is 30.9 Å². The van der Waals surface area contributed by atoms with E-state index in [2.05, 4.69) is 32.8 Å². The van der Waals surface area contributed by atoms with Crippen molar-refractivity contribution in [2.45, 2.75) is 38.7 Å². The lowest BCUT2D eigenvalue weighted by Crippen LogP contribution is -2.26. The summed E-state index contributed by atoms with van der Waals surface area (Å²) in [4.78, 5) is 33.2. The number of aliphatic carboxylic acids is 2. The number of nitrogens with zero attached hydrogens (tertiary/aromatic N) is 4. The molecule has 0 fully saturated rings. The van der Waals surface area contributed by atoms with E-state index in [1.54, 1.807) is 6.33 Å². The minimum atomic E-state index is -5.08. The standard InChI is InChI=1S/C15H18N4.2C2HF3O2/c1-12-14-4-7-19(8-5-15(14)18-11-17-12)10-13-3-2-6-16-9-13;2*3-2(4,5)1(6)7/h2-3,6,9,11H,4-5,7-8,10H2,1H3;2*(H,6,7). The normalized spacial score (nSPS) is 13.9. The highest BCUT2D eigenvalue weighted by Gasteiger charge is 2.38. The summed E-state index contributed by atoms with van der Waals surface area (Å²) in [6.07, 6.45) is -2.66. The zero-order chi connectivity index (χ0) is 25.2. The molecule has 1 aliphatic rings. The molecule has 3 heterocycles. The predicted molar refractivity (Wildman–Crippen MR) is 101 cm³/mol. The van der Waals surface area contributed by atoms with Gasteiger partial charge >= 0.3 is 24.3 Å². The molecule has 0 unspecified atom stereocenters. The van der Waals surface area contributed by atoms with Crippen molar-refractivity contribution in [1.82, 2.24) is 19.9 Å². The van der Waals surface area contributed by atoms with Crippen molar-refractivity contribution in [1.29, 1.82) is 0 Å². The Morgan fingerprint density at radius 1 is 1.00 bits per heavy atom. The lowest BCUT2D eigenvalue weighted by Gasteiger charge is -2.19. The second-order valence-corrected chi connectivity index (χ2v) is 6.63. The van der Waals surface area contributed by atoms with Crippen LogP contribution >= 0.6 is 0 Å². The van der Waals surface area contributed by atoms with E-state index in [0.717, 1.165) is 38.2 Å². The SMILES string of the molecule is Cc1ncnc2c1CCN(Cc1cccnc1)CC2.O=C(O)C(F)(F)F.O=C(O)C(F)(F)F. The Bertz CT molecular complexity index is 899. The van der Waals surface area contributed by atoms with Crippen LogP contribution in [0.25, 0.3) is 0 Å². The van der Waals surface area contributed by atoms with Gasteiger partial charge in [-0.05, 0) is 30.5 Å². The number of carboxylic acids is 2. The van der Waals surface area contributed by atoms with Gasteiger partial charge in [-0.15, -0.1) is 0 Å². The van der Waals surface area contributed by atoms with E-state index in [-0.39, 0.29) is 0 Å². The summed E-state index contributed by atoms with van der Waals surface area (Å²) in [5.74, 6) is -5.51. The van der Waals surface area contributed by atoms with E-state index in [1.807, 2.05) is 18.5 Å². The number of aryl methyl sites for hydroxylation is 1. The highest BCUT2D eigenvalue weighted by atomic mass is 19.4. The fourth-order valence-electron chi connectivity index (χ4n) is 2.64. The number of alkyl halides is 6. The highest BCUT2D eigenvalue weighted by molar-refractivity contribution is 5.73. The van der Waals surface area contributed by atoms with Crippen molar-refractivity contribution >= 4 is 11.9 Å². The van der Waals surface area contributed by atoms with Crippen LogP contribution in [0.2, 0.25) is 0 Å². The van der Waals surface area contributed by atoms with Crippen LogP contribution in [0.3, 0.4) is 0 Å². The Morgan fingerprint density at radius 2 is 1.55 bits per heavy atom. The average Bonchev–Trinajstić information content (AvgIpc) is 2.92. The summed E-state index contributed by atoms with van der Waals surface area (Å²) >= 11 is 0. The molecule has 0 saturated heterocycles. The fraction of sp³-hybridized carbons (Fsp3) is 0.421. The molecule has 8 nitrogen and oxygen atoms in total. The molecule has 3 rings (SSSR count). The first-order valence-electron chi connectivity index (χ1n) is 9.22. The summed E-state index contributed by atoms with van der Waals surface area (Å²) in [5, 5.41) is 14.2. The second kappa shape index (κ2) is 12.1. The van der Waals surface area contributed by atoms with E-state index in [4.69, 9.17) is 19.8 Å². The molecule has 2 aromatic rings. The first-order valence-corrected chi connectivity index (χ1v) is 9.22. The monoisotopic (exact) mass is 482 g/mol. The van der Waals surface area contributed by atoms with Gasteiger partial charge in [0, 0.05) is 49.8 Å². The van der Waals surface area contributed by atoms with Gasteiger partial charge in [0.1, 0.15) is 6.33 Å². The number of carbonyl (C=O) groups is 2. The second-order valence-electron chi connectivity index (χ2n) is 6.63. The summed E-state index contributed by atoms with van der Waals surface area (Å²) in [5.41, 5.74) is 4.97. The molecule has 182 valence electrons. The molecule has 0 saturated carbocycles. The molecular formula is C19H20F6N4O4. The third-order valence-corrected chi connectivity index (χ3v) is 4.21. The van der Waals surface area contributed by atoms with E-state index in [1.165, 1.54) is 16.8 Å². The van der Waals surface area contributed by atoms with E-state index in [0.29, 0.717) is 0 Å². The summed E-state index contributed by atoms with van der Waals surface area (Å²) in [7, 11) is 0. The molecule has 0 aliphatic carbocycles. The van der Waals surface area contributed by atoms with E-state index in [9.17, 15) is 26.3 Å². The molecule has 0 aromatic carbocycles. The van der Waals surface area contributed by atoms with Gasteiger partial charge in [0.15, 0.2) is 0 Å². The summed E-state index contributed by atoms with van der Waals surface area (Å²) in [6.45, 7) is 5.17. The topological polar surface area (TPSA) is 117 Å². The molecule has 2 N–H and O–H groups in total. The van der Waals surface area contributed by atoms with E-state index < -0.39 is 24.3 Å². The number of rotatable bonds is 2. The van der Waals surface area contributed by atoms with Crippen LogP contribution in [0.4, 0.5) is 26.3 Å². The number of fused-ring (bicyclic) bond motifs is 1. The van der Waals surface area contributed by atoms with Gasteiger partial charge in [-0.2, -0.15) is 26.3 Å². The Morgan fingerprint density at radius 3 is 2.03 bits per heavy atom. The average molecular weight is 482 g/mol. The molecule has 14 heteroatoms. The maximum Gasteiger partial charge on any atom is 0.490 e. The van der Waals surface area contributed by atoms with Crippen LogP contribution in [-0.2, 0) is 29.0 Å². The van der Waals surface area contributed by atoms with Crippen molar-refractivity contribution < 1.29 is 46.1 Å². The molecule has 2 aromatic heterocycles. The van der Waals surface area contributed by atoms with Crippen LogP contribution in [-0.4, -0.2) is 67.4 Å². The first-order chi connectivity index (χ1) is 15.2.